The molecule has 2 heterocycles. The second kappa shape index (κ2) is 6.26. The van der Waals surface area contributed by atoms with Gasteiger partial charge in [0.15, 0.2) is 10.7 Å². The van der Waals surface area contributed by atoms with Gasteiger partial charge in [-0.15, -0.1) is 6.58 Å². The number of ether oxygens (including phenoxy) is 1. The number of likely N-dealkylation sites (N-methyl/N-ethyl adjacent to an activating group) is 1. The number of nitrogens with zero attached hydrogens (tertiary/aromatic N) is 2. The van der Waals surface area contributed by atoms with Crippen molar-refractivity contribution in [1.29, 1.82) is 0 Å². The maximum atomic E-state index is 5.80. The molecule has 0 spiro atoms. The van der Waals surface area contributed by atoms with E-state index < -0.39 is 0 Å². The molecule has 1 saturated heterocycles. The number of fused-ring (bicyclic) bond motifs is 1. The molecule has 2 aliphatic heterocycles. The van der Waals surface area contributed by atoms with E-state index >= 15 is 0 Å². The predicted octanol–water partition coefficient (Wildman–Crippen LogP) is 4.19. The van der Waals surface area contributed by atoms with E-state index in [1.165, 1.54) is 11.1 Å². The van der Waals surface area contributed by atoms with Crippen LogP contribution in [0.25, 0.3) is 6.08 Å². The van der Waals surface area contributed by atoms with E-state index in [-0.39, 0.29) is 0 Å². The zero-order chi connectivity index (χ0) is 16.6. The summed E-state index contributed by atoms with van der Waals surface area (Å²) in [5, 5.41) is 0.386. The minimum atomic E-state index is 0.386. The van der Waals surface area contributed by atoms with Gasteiger partial charge in [0.25, 0.3) is 5.17 Å². The number of hydrogen-bond acceptors (Lipinski definition) is 4. The van der Waals surface area contributed by atoms with Crippen molar-refractivity contribution in [3.8, 4) is 0 Å². The quantitative estimate of drug-likeness (QED) is 0.463. The summed E-state index contributed by atoms with van der Waals surface area (Å²) in [7, 11) is 0. The number of allylic oxidation sites excluding steroid dienone is 1. The highest BCUT2D eigenvalue weighted by Crippen LogP contribution is 2.35. The third-order valence-electron chi connectivity index (χ3n) is 3.90. The van der Waals surface area contributed by atoms with Gasteiger partial charge in [-0.3, -0.25) is 4.90 Å². The SMILES string of the molecule is C=CCN1C(=S)O/C(=C2/C=Cc3cc(C)ccc3N2CC)C1=S. The lowest BCUT2D eigenvalue weighted by Crippen LogP contribution is -2.29. The molecular weight excluding hydrogens is 324 g/mol. The first-order valence-corrected chi connectivity index (χ1v) is 8.33. The van der Waals surface area contributed by atoms with Crippen molar-refractivity contribution in [1.82, 2.24) is 4.90 Å². The first-order chi connectivity index (χ1) is 11.1. The fourth-order valence-electron chi connectivity index (χ4n) is 2.82. The number of thiocarbonyl (C=S) groups is 2. The van der Waals surface area contributed by atoms with Gasteiger partial charge in [-0.2, -0.15) is 0 Å². The van der Waals surface area contributed by atoms with Crippen LogP contribution in [-0.4, -0.2) is 28.2 Å². The minimum absolute atomic E-state index is 0.386. The van der Waals surface area contributed by atoms with Gasteiger partial charge in [0, 0.05) is 18.8 Å². The highest BCUT2D eigenvalue weighted by atomic mass is 32.1. The van der Waals surface area contributed by atoms with Gasteiger partial charge in [0.05, 0.1) is 5.70 Å². The smallest absolute Gasteiger partial charge is 0.270 e. The van der Waals surface area contributed by atoms with Crippen molar-refractivity contribution in [2.75, 3.05) is 18.0 Å². The highest BCUT2D eigenvalue weighted by Gasteiger charge is 2.33. The maximum absolute atomic E-state index is 5.80. The Balaban J connectivity index is 2.07. The van der Waals surface area contributed by atoms with E-state index in [1.54, 1.807) is 11.0 Å². The summed E-state index contributed by atoms with van der Waals surface area (Å²) >= 11 is 10.8. The van der Waals surface area contributed by atoms with Crippen LogP contribution in [0.5, 0.6) is 0 Å². The molecule has 0 unspecified atom stereocenters. The lowest BCUT2D eigenvalue weighted by Gasteiger charge is -2.30. The Labute approximate surface area is 147 Å². The number of hydrogen-bond donors (Lipinski definition) is 0. The van der Waals surface area contributed by atoms with E-state index in [4.69, 9.17) is 29.2 Å². The second-order valence-corrected chi connectivity index (χ2v) is 6.16. The van der Waals surface area contributed by atoms with Crippen molar-refractivity contribution in [3.63, 3.8) is 0 Å². The molecule has 3 rings (SSSR count). The Morgan fingerprint density at radius 3 is 2.70 bits per heavy atom. The van der Waals surface area contributed by atoms with E-state index in [2.05, 4.69) is 49.6 Å². The molecule has 2 aliphatic rings. The number of benzene rings is 1. The normalized spacial score (nSPS) is 19.9. The van der Waals surface area contributed by atoms with E-state index in [0.717, 1.165) is 17.9 Å². The van der Waals surface area contributed by atoms with Crippen LogP contribution in [0.2, 0.25) is 0 Å². The molecule has 0 bridgehead atoms. The summed E-state index contributed by atoms with van der Waals surface area (Å²) in [4.78, 5) is 4.60. The number of aryl methyl sites for hydroxylation is 1. The monoisotopic (exact) mass is 342 g/mol. The molecule has 118 valence electrons. The van der Waals surface area contributed by atoms with Crippen LogP contribution in [-0.2, 0) is 4.74 Å². The lowest BCUT2D eigenvalue weighted by molar-refractivity contribution is 0.437. The Morgan fingerprint density at radius 2 is 2.00 bits per heavy atom. The van der Waals surface area contributed by atoms with Crippen LogP contribution in [0, 0.1) is 6.92 Å². The molecule has 1 aromatic carbocycles. The molecule has 0 amide bonds. The summed E-state index contributed by atoms with van der Waals surface area (Å²) in [6.45, 7) is 9.33. The zero-order valence-electron chi connectivity index (χ0n) is 13.2. The third-order valence-corrected chi connectivity index (χ3v) is 4.60. The molecule has 3 nitrogen and oxygen atoms in total. The first-order valence-electron chi connectivity index (χ1n) is 7.52. The Morgan fingerprint density at radius 1 is 1.22 bits per heavy atom. The van der Waals surface area contributed by atoms with Gasteiger partial charge in [0.1, 0.15) is 0 Å². The van der Waals surface area contributed by atoms with Crippen molar-refractivity contribution in [2.45, 2.75) is 13.8 Å². The Hall–Kier alpha value is -1.98. The number of rotatable bonds is 3. The largest absolute Gasteiger partial charge is 0.426 e. The van der Waals surface area contributed by atoms with Crippen LogP contribution < -0.4 is 4.90 Å². The molecule has 0 N–H and O–H groups in total. The molecule has 0 radical (unpaired) electrons. The molecule has 5 heteroatoms. The van der Waals surface area contributed by atoms with Crippen LogP contribution in [0.15, 0.2) is 48.4 Å². The molecular formula is C18H18N2OS2. The standard InChI is InChI=1S/C18H18N2OS2/c1-4-10-20-17(22)16(21-18(20)23)15-9-7-13-11-12(3)6-8-14(13)19(15)5-2/h4,6-9,11H,1,5,10H2,2-3H3/b16-15-. The fourth-order valence-corrected chi connectivity index (χ4v) is 3.43. The average Bonchev–Trinajstić information content (AvgIpc) is 2.82. The second-order valence-electron chi connectivity index (χ2n) is 5.43. The zero-order valence-corrected chi connectivity index (χ0v) is 14.8. The Bertz CT molecular complexity index is 764. The molecule has 0 aromatic heterocycles. The van der Waals surface area contributed by atoms with Crippen molar-refractivity contribution >= 4 is 46.4 Å². The van der Waals surface area contributed by atoms with E-state index in [1.807, 2.05) is 6.08 Å². The van der Waals surface area contributed by atoms with Crippen molar-refractivity contribution < 1.29 is 4.74 Å². The van der Waals surface area contributed by atoms with Crippen molar-refractivity contribution in [3.05, 3.63) is 59.5 Å². The molecule has 1 fully saturated rings. The minimum Gasteiger partial charge on any atom is -0.426 e. The fraction of sp³-hybridized carbons (Fsp3) is 0.222. The molecule has 23 heavy (non-hydrogen) atoms. The average molecular weight is 342 g/mol. The van der Waals surface area contributed by atoms with Crippen molar-refractivity contribution in [2.24, 2.45) is 0 Å². The molecule has 0 atom stereocenters. The highest BCUT2D eigenvalue weighted by molar-refractivity contribution is 7.82. The van der Waals surface area contributed by atoms with Gasteiger partial charge in [-0.05, 0) is 49.8 Å². The first kappa shape index (κ1) is 15.9. The van der Waals surface area contributed by atoms with Gasteiger partial charge in [-0.1, -0.05) is 36.0 Å². The lowest BCUT2D eigenvalue weighted by atomic mass is 10.0. The van der Waals surface area contributed by atoms with Crippen LogP contribution in [0.3, 0.4) is 0 Å². The van der Waals surface area contributed by atoms with Gasteiger partial charge < -0.3 is 9.64 Å². The van der Waals surface area contributed by atoms with Gasteiger partial charge in [-0.25, -0.2) is 0 Å². The van der Waals surface area contributed by atoms with E-state index in [0.29, 0.717) is 22.5 Å². The summed E-state index contributed by atoms with van der Waals surface area (Å²) in [6.07, 6.45) is 5.91. The van der Waals surface area contributed by atoms with Crippen LogP contribution in [0.1, 0.15) is 18.1 Å². The van der Waals surface area contributed by atoms with Gasteiger partial charge >= 0.3 is 0 Å². The summed E-state index contributed by atoms with van der Waals surface area (Å²) in [6, 6.07) is 6.43. The van der Waals surface area contributed by atoms with Gasteiger partial charge in [0.2, 0.25) is 0 Å². The topological polar surface area (TPSA) is 15.7 Å². The van der Waals surface area contributed by atoms with Crippen LogP contribution >= 0.6 is 24.4 Å². The number of anilines is 1. The summed E-state index contributed by atoms with van der Waals surface area (Å²) in [5.74, 6) is 0.649. The Kier molecular flexibility index (Phi) is 4.33. The molecule has 0 saturated carbocycles. The summed E-state index contributed by atoms with van der Waals surface area (Å²) in [5.41, 5.74) is 4.54. The molecule has 0 aliphatic carbocycles. The van der Waals surface area contributed by atoms with E-state index in [9.17, 15) is 0 Å². The molecule has 1 aromatic rings. The van der Waals surface area contributed by atoms with Crippen LogP contribution in [0.4, 0.5) is 5.69 Å². The predicted molar refractivity (Wildman–Crippen MR) is 103 cm³/mol. The third kappa shape index (κ3) is 2.71. The summed E-state index contributed by atoms with van der Waals surface area (Å²) < 4.78 is 5.80. The maximum Gasteiger partial charge on any atom is 0.270 e.